The molecule has 2 aromatic rings. The van der Waals surface area contributed by atoms with Crippen LogP contribution in [0.5, 0.6) is 0 Å². The molecule has 1 heterocycles. The Kier molecular flexibility index (Phi) is 6.00. The summed E-state index contributed by atoms with van der Waals surface area (Å²) in [6.45, 7) is 9.58. The van der Waals surface area contributed by atoms with Crippen molar-refractivity contribution in [2.24, 2.45) is 5.92 Å². The minimum Gasteiger partial charge on any atom is -0.331 e. The molecule has 3 heteroatoms. The van der Waals surface area contributed by atoms with E-state index in [1.54, 1.807) is 0 Å². The van der Waals surface area contributed by atoms with Gasteiger partial charge in [-0.15, -0.1) is 0 Å². The van der Waals surface area contributed by atoms with Crippen molar-refractivity contribution in [2.45, 2.75) is 46.7 Å². The third-order valence-corrected chi connectivity index (χ3v) is 3.50. The van der Waals surface area contributed by atoms with E-state index >= 15 is 0 Å². The van der Waals surface area contributed by atoms with Crippen LogP contribution in [0.1, 0.15) is 44.1 Å². The molecule has 114 valence electrons. The predicted octanol–water partition coefficient (Wildman–Crippen LogP) is 3.63. The topological polar surface area (TPSA) is 29.9 Å². The summed E-state index contributed by atoms with van der Waals surface area (Å²) in [6, 6.07) is 8.83. The van der Waals surface area contributed by atoms with Crippen molar-refractivity contribution in [2.75, 3.05) is 6.54 Å². The maximum Gasteiger partial charge on any atom is 0.108 e. The molecular formula is C18H27N3. The summed E-state index contributed by atoms with van der Waals surface area (Å²) in [5.74, 6) is 1.87. The van der Waals surface area contributed by atoms with Gasteiger partial charge in [-0.05, 0) is 30.0 Å². The molecule has 3 nitrogen and oxygen atoms in total. The normalized spacial score (nSPS) is 11.2. The van der Waals surface area contributed by atoms with Gasteiger partial charge >= 0.3 is 0 Å². The van der Waals surface area contributed by atoms with E-state index in [0.29, 0.717) is 5.92 Å². The fourth-order valence-electron chi connectivity index (χ4n) is 2.48. The average Bonchev–Trinajstić information content (AvgIpc) is 2.87. The SMILES string of the molecule is CCCc1nccn1Cc1cccc(CNCC(C)C)c1. The molecule has 0 bridgehead atoms. The molecule has 0 fully saturated rings. The van der Waals surface area contributed by atoms with Gasteiger partial charge in [0, 0.05) is 31.9 Å². The number of imidazole rings is 1. The maximum atomic E-state index is 4.44. The largest absolute Gasteiger partial charge is 0.331 e. The zero-order valence-electron chi connectivity index (χ0n) is 13.5. The number of aromatic nitrogens is 2. The van der Waals surface area contributed by atoms with E-state index in [4.69, 9.17) is 0 Å². The molecular weight excluding hydrogens is 258 g/mol. The molecule has 1 N–H and O–H groups in total. The van der Waals surface area contributed by atoms with E-state index in [-0.39, 0.29) is 0 Å². The molecule has 1 aromatic heterocycles. The lowest BCUT2D eigenvalue weighted by molar-refractivity contribution is 0.552. The Morgan fingerprint density at radius 3 is 2.81 bits per heavy atom. The monoisotopic (exact) mass is 285 g/mol. The molecule has 0 aliphatic rings. The van der Waals surface area contributed by atoms with Gasteiger partial charge in [-0.2, -0.15) is 0 Å². The molecule has 1 aromatic carbocycles. The van der Waals surface area contributed by atoms with Crippen molar-refractivity contribution < 1.29 is 0 Å². The van der Waals surface area contributed by atoms with Crippen molar-refractivity contribution >= 4 is 0 Å². The van der Waals surface area contributed by atoms with E-state index in [9.17, 15) is 0 Å². The Morgan fingerprint density at radius 2 is 2.05 bits per heavy atom. The Labute approximate surface area is 128 Å². The quantitative estimate of drug-likeness (QED) is 0.802. The summed E-state index contributed by atoms with van der Waals surface area (Å²) >= 11 is 0. The highest BCUT2D eigenvalue weighted by Crippen LogP contribution is 2.10. The lowest BCUT2D eigenvalue weighted by Gasteiger charge is -2.10. The average molecular weight is 285 g/mol. The number of nitrogens with zero attached hydrogens (tertiary/aromatic N) is 2. The van der Waals surface area contributed by atoms with Crippen LogP contribution in [-0.2, 0) is 19.5 Å². The summed E-state index contributed by atoms with van der Waals surface area (Å²) in [5.41, 5.74) is 2.69. The number of hydrogen-bond acceptors (Lipinski definition) is 2. The van der Waals surface area contributed by atoms with Crippen molar-refractivity contribution in [3.63, 3.8) is 0 Å². The number of nitrogens with one attached hydrogen (secondary N) is 1. The van der Waals surface area contributed by atoms with Gasteiger partial charge in [0.2, 0.25) is 0 Å². The number of hydrogen-bond donors (Lipinski definition) is 1. The van der Waals surface area contributed by atoms with E-state index in [0.717, 1.165) is 32.5 Å². The summed E-state index contributed by atoms with van der Waals surface area (Å²) in [6.07, 6.45) is 6.16. The highest BCUT2D eigenvalue weighted by molar-refractivity contribution is 5.24. The summed E-state index contributed by atoms with van der Waals surface area (Å²) < 4.78 is 2.25. The summed E-state index contributed by atoms with van der Waals surface area (Å²) in [4.78, 5) is 4.44. The predicted molar refractivity (Wildman–Crippen MR) is 88.3 cm³/mol. The molecule has 2 rings (SSSR count). The Morgan fingerprint density at radius 1 is 1.24 bits per heavy atom. The Bertz CT molecular complexity index is 543. The number of benzene rings is 1. The standard InChI is InChI=1S/C18H27N3/c1-4-6-18-20-9-10-21(18)14-17-8-5-7-16(11-17)13-19-12-15(2)3/h5,7-11,15,19H,4,6,12-14H2,1-3H3. The second-order valence-corrected chi connectivity index (χ2v) is 6.07. The van der Waals surface area contributed by atoms with Gasteiger partial charge < -0.3 is 9.88 Å². The smallest absolute Gasteiger partial charge is 0.108 e. The van der Waals surface area contributed by atoms with E-state index in [2.05, 4.69) is 66.1 Å². The van der Waals surface area contributed by atoms with Crippen molar-refractivity contribution in [1.29, 1.82) is 0 Å². The molecule has 0 aliphatic carbocycles. The van der Waals surface area contributed by atoms with Crippen LogP contribution < -0.4 is 5.32 Å². The third-order valence-electron chi connectivity index (χ3n) is 3.50. The zero-order chi connectivity index (χ0) is 15.1. The van der Waals surface area contributed by atoms with Crippen molar-refractivity contribution in [3.8, 4) is 0 Å². The van der Waals surface area contributed by atoms with Crippen LogP contribution >= 0.6 is 0 Å². The van der Waals surface area contributed by atoms with Crippen molar-refractivity contribution in [3.05, 3.63) is 53.6 Å². The van der Waals surface area contributed by atoms with Gasteiger partial charge in [0.25, 0.3) is 0 Å². The van der Waals surface area contributed by atoms with Gasteiger partial charge in [0.05, 0.1) is 0 Å². The molecule has 0 saturated carbocycles. The van der Waals surface area contributed by atoms with Crippen molar-refractivity contribution in [1.82, 2.24) is 14.9 Å². The van der Waals surface area contributed by atoms with Crippen LogP contribution in [0.15, 0.2) is 36.7 Å². The second-order valence-electron chi connectivity index (χ2n) is 6.07. The highest BCUT2D eigenvalue weighted by atomic mass is 15.1. The first-order chi connectivity index (χ1) is 10.2. The van der Waals surface area contributed by atoms with Gasteiger partial charge in [0.1, 0.15) is 5.82 Å². The minimum absolute atomic E-state index is 0.690. The first-order valence-corrected chi connectivity index (χ1v) is 7.97. The highest BCUT2D eigenvalue weighted by Gasteiger charge is 2.03. The lowest BCUT2D eigenvalue weighted by Crippen LogP contribution is -2.19. The van der Waals surface area contributed by atoms with Crippen LogP contribution in [0.2, 0.25) is 0 Å². The molecule has 0 aliphatic heterocycles. The van der Waals surface area contributed by atoms with Gasteiger partial charge in [-0.25, -0.2) is 4.98 Å². The molecule has 0 amide bonds. The van der Waals surface area contributed by atoms with E-state index in [1.807, 2.05) is 6.20 Å². The lowest BCUT2D eigenvalue weighted by atomic mass is 10.1. The van der Waals surface area contributed by atoms with E-state index < -0.39 is 0 Å². The van der Waals surface area contributed by atoms with E-state index in [1.165, 1.54) is 17.0 Å². The Hall–Kier alpha value is -1.61. The summed E-state index contributed by atoms with van der Waals surface area (Å²) in [5, 5.41) is 3.50. The Balaban J connectivity index is 1.98. The van der Waals surface area contributed by atoms with Crippen LogP contribution in [0.25, 0.3) is 0 Å². The molecule has 0 saturated heterocycles. The first kappa shape index (κ1) is 15.8. The molecule has 0 radical (unpaired) electrons. The van der Waals surface area contributed by atoms with Gasteiger partial charge in [0.15, 0.2) is 0 Å². The van der Waals surface area contributed by atoms with Crippen LogP contribution in [-0.4, -0.2) is 16.1 Å². The maximum absolute atomic E-state index is 4.44. The zero-order valence-corrected chi connectivity index (χ0v) is 13.5. The summed E-state index contributed by atoms with van der Waals surface area (Å²) in [7, 11) is 0. The fraction of sp³-hybridized carbons (Fsp3) is 0.500. The van der Waals surface area contributed by atoms with Crippen LogP contribution in [0.3, 0.4) is 0 Å². The molecule has 21 heavy (non-hydrogen) atoms. The van der Waals surface area contributed by atoms with Gasteiger partial charge in [-0.3, -0.25) is 0 Å². The van der Waals surface area contributed by atoms with Crippen LogP contribution in [0.4, 0.5) is 0 Å². The molecule has 0 unspecified atom stereocenters. The third kappa shape index (κ3) is 5.01. The first-order valence-electron chi connectivity index (χ1n) is 7.97. The van der Waals surface area contributed by atoms with Crippen LogP contribution in [0, 0.1) is 5.92 Å². The molecule has 0 atom stereocenters. The fourth-order valence-corrected chi connectivity index (χ4v) is 2.48. The van der Waals surface area contributed by atoms with Gasteiger partial charge in [-0.1, -0.05) is 45.0 Å². The molecule has 0 spiro atoms. The number of rotatable bonds is 8. The number of aryl methyl sites for hydroxylation is 1. The second kappa shape index (κ2) is 7.99. The minimum atomic E-state index is 0.690.